The summed E-state index contributed by atoms with van der Waals surface area (Å²) in [6.07, 6.45) is 0. The Labute approximate surface area is 125 Å². The van der Waals surface area contributed by atoms with Crippen LogP contribution in [-0.4, -0.2) is 18.1 Å². The van der Waals surface area contributed by atoms with Crippen LogP contribution in [0.25, 0.3) is 0 Å². The van der Waals surface area contributed by atoms with Gasteiger partial charge < -0.3 is 15.8 Å². The summed E-state index contributed by atoms with van der Waals surface area (Å²) in [6, 6.07) is 4.02. The number of nitrogens with one attached hydrogen (secondary N) is 1. The summed E-state index contributed by atoms with van der Waals surface area (Å²) in [5, 5.41) is 2.93. The Hall–Kier alpha value is -1.26. The molecule has 1 aromatic rings. The number of hydrogen-bond donors (Lipinski definition) is 2. The maximum Gasteiger partial charge on any atom is 0.234 e. The smallest absolute Gasteiger partial charge is 0.234 e. The van der Waals surface area contributed by atoms with E-state index in [2.05, 4.69) is 12.2 Å². The zero-order valence-corrected chi connectivity index (χ0v) is 13.1. The molecule has 2 aliphatic heterocycles. The number of hydrogen-bond acceptors (Lipinski definition) is 3. The van der Waals surface area contributed by atoms with Crippen LogP contribution in [0.5, 0.6) is 5.75 Å². The van der Waals surface area contributed by atoms with Crippen LogP contribution in [0.1, 0.15) is 44.7 Å². The quantitative estimate of drug-likeness (QED) is 0.837. The summed E-state index contributed by atoms with van der Waals surface area (Å²) in [5.74, 6) is 1.10. The second-order valence-corrected chi connectivity index (χ2v) is 6.33. The van der Waals surface area contributed by atoms with Crippen molar-refractivity contribution >= 4 is 24.0 Å². The number of amides is 1. The van der Waals surface area contributed by atoms with Gasteiger partial charge in [0.2, 0.25) is 5.91 Å². The van der Waals surface area contributed by atoms with Gasteiger partial charge in [-0.1, -0.05) is 13.0 Å². The summed E-state index contributed by atoms with van der Waals surface area (Å²) in [7, 11) is 0. The van der Waals surface area contributed by atoms with Crippen molar-refractivity contribution in [2.45, 2.75) is 44.6 Å². The highest BCUT2D eigenvalue weighted by molar-refractivity contribution is 6.06. The molecule has 2 heterocycles. The minimum absolute atomic E-state index is 0. The molecule has 0 radical (unpaired) electrons. The number of benzene rings is 1. The standard InChI is InChI=1S/C15H20N2O2.ClH/c1-8-9-5-6-10-11(14(2,3)13(18)17-10)12(9)19-15(8,4)7-16;/h5-6,8H,7,16H2,1-4H3,(H,17,18);1H/t8-,15-;/m1./s1. The van der Waals surface area contributed by atoms with Crippen molar-refractivity contribution in [1.29, 1.82) is 0 Å². The van der Waals surface area contributed by atoms with Gasteiger partial charge in [0.15, 0.2) is 0 Å². The van der Waals surface area contributed by atoms with Crippen LogP contribution in [0.15, 0.2) is 12.1 Å². The van der Waals surface area contributed by atoms with Crippen molar-refractivity contribution < 1.29 is 9.53 Å². The molecule has 3 rings (SSSR count). The highest BCUT2D eigenvalue weighted by atomic mass is 35.5. The molecule has 3 N–H and O–H groups in total. The molecule has 2 atom stereocenters. The molecular weight excluding hydrogens is 276 g/mol. The lowest BCUT2D eigenvalue weighted by Gasteiger charge is -2.27. The van der Waals surface area contributed by atoms with Crippen LogP contribution in [0.4, 0.5) is 5.69 Å². The van der Waals surface area contributed by atoms with Gasteiger partial charge in [-0.15, -0.1) is 12.4 Å². The van der Waals surface area contributed by atoms with E-state index in [1.54, 1.807) is 0 Å². The summed E-state index contributed by atoms with van der Waals surface area (Å²) < 4.78 is 6.17. The summed E-state index contributed by atoms with van der Waals surface area (Å²) in [5.41, 5.74) is 7.91. The molecule has 20 heavy (non-hydrogen) atoms. The second-order valence-electron chi connectivity index (χ2n) is 6.33. The van der Waals surface area contributed by atoms with Crippen LogP contribution < -0.4 is 15.8 Å². The number of nitrogens with two attached hydrogens (primary N) is 1. The molecule has 0 saturated heterocycles. The summed E-state index contributed by atoms with van der Waals surface area (Å²) in [6.45, 7) is 8.48. The fraction of sp³-hybridized carbons (Fsp3) is 0.533. The van der Waals surface area contributed by atoms with Crippen molar-refractivity contribution in [2.75, 3.05) is 11.9 Å². The van der Waals surface area contributed by atoms with E-state index in [0.717, 1.165) is 22.6 Å². The van der Waals surface area contributed by atoms with Gasteiger partial charge in [-0.3, -0.25) is 4.79 Å². The molecule has 1 amide bonds. The SMILES string of the molecule is C[C@@H]1c2ccc3c(c2O[C@]1(C)CN)C(C)(C)C(=O)N3.Cl. The van der Waals surface area contributed by atoms with E-state index in [1.165, 1.54) is 0 Å². The van der Waals surface area contributed by atoms with Gasteiger partial charge >= 0.3 is 0 Å². The monoisotopic (exact) mass is 296 g/mol. The van der Waals surface area contributed by atoms with Crippen molar-refractivity contribution in [3.05, 3.63) is 23.3 Å². The van der Waals surface area contributed by atoms with Crippen molar-refractivity contribution in [3.8, 4) is 5.75 Å². The van der Waals surface area contributed by atoms with E-state index >= 15 is 0 Å². The topological polar surface area (TPSA) is 64.3 Å². The van der Waals surface area contributed by atoms with Crippen molar-refractivity contribution in [2.24, 2.45) is 5.73 Å². The minimum Gasteiger partial charge on any atom is -0.485 e. The molecule has 0 saturated carbocycles. The fourth-order valence-electron chi connectivity index (χ4n) is 3.04. The second kappa shape index (κ2) is 4.37. The van der Waals surface area contributed by atoms with Crippen LogP contribution >= 0.6 is 12.4 Å². The molecule has 1 aromatic carbocycles. The van der Waals surface area contributed by atoms with Gasteiger partial charge in [0.05, 0.1) is 5.41 Å². The molecule has 0 aliphatic carbocycles. The van der Waals surface area contributed by atoms with Gasteiger partial charge in [0.1, 0.15) is 11.4 Å². The molecule has 2 aliphatic rings. The molecule has 0 aromatic heterocycles. The predicted molar refractivity (Wildman–Crippen MR) is 81.8 cm³/mol. The van der Waals surface area contributed by atoms with E-state index in [9.17, 15) is 4.79 Å². The first-order valence-electron chi connectivity index (χ1n) is 6.69. The third-order valence-corrected chi connectivity index (χ3v) is 4.75. The minimum atomic E-state index is -0.555. The Bertz CT molecular complexity index is 585. The van der Waals surface area contributed by atoms with Gasteiger partial charge in [-0.25, -0.2) is 0 Å². The van der Waals surface area contributed by atoms with E-state index in [1.807, 2.05) is 32.9 Å². The average Bonchev–Trinajstić information content (AvgIpc) is 2.74. The molecule has 0 fully saturated rings. The lowest BCUT2D eigenvalue weighted by Crippen LogP contribution is -2.41. The predicted octanol–water partition coefficient (Wildman–Crippen LogP) is 2.55. The molecule has 110 valence electrons. The molecule has 0 bridgehead atoms. The maximum atomic E-state index is 12.1. The molecular formula is C15H21ClN2O2. The first kappa shape index (κ1) is 15.1. The normalized spacial score (nSPS) is 29.1. The van der Waals surface area contributed by atoms with E-state index in [0.29, 0.717) is 6.54 Å². The highest BCUT2D eigenvalue weighted by Gasteiger charge is 2.48. The van der Waals surface area contributed by atoms with Crippen molar-refractivity contribution in [1.82, 2.24) is 0 Å². The van der Waals surface area contributed by atoms with Crippen LogP contribution in [0.3, 0.4) is 0 Å². The first-order valence-corrected chi connectivity index (χ1v) is 6.69. The number of anilines is 1. The number of halogens is 1. The molecule has 4 nitrogen and oxygen atoms in total. The highest BCUT2D eigenvalue weighted by Crippen LogP contribution is 2.53. The number of rotatable bonds is 1. The van der Waals surface area contributed by atoms with E-state index in [-0.39, 0.29) is 29.8 Å². The average molecular weight is 297 g/mol. The lowest BCUT2D eigenvalue weighted by atomic mass is 9.82. The number of carbonyl (C=O) groups is 1. The van der Waals surface area contributed by atoms with Gasteiger partial charge in [0.25, 0.3) is 0 Å². The number of carbonyl (C=O) groups excluding carboxylic acids is 1. The van der Waals surface area contributed by atoms with Crippen molar-refractivity contribution in [3.63, 3.8) is 0 Å². The Morgan fingerprint density at radius 3 is 2.60 bits per heavy atom. The third-order valence-electron chi connectivity index (χ3n) is 4.75. The molecule has 5 heteroatoms. The Morgan fingerprint density at radius 2 is 2.00 bits per heavy atom. The third kappa shape index (κ3) is 1.68. The Balaban J connectivity index is 0.00000147. The maximum absolute atomic E-state index is 12.1. The largest absolute Gasteiger partial charge is 0.485 e. The van der Waals surface area contributed by atoms with Gasteiger partial charge in [0, 0.05) is 29.3 Å². The Morgan fingerprint density at radius 1 is 1.35 bits per heavy atom. The van der Waals surface area contributed by atoms with E-state index in [4.69, 9.17) is 10.5 Å². The molecule has 0 spiro atoms. The fourth-order valence-corrected chi connectivity index (χ4v) is 3.04. The molecule has 0 unspecified atom stereocenters. The van der Waals surface area contributed by atoms with Crippen LogP contribution in [0.2, 0.25) is 0 Å². The first-order chi connectivity index (χ1) is 8.81. The summed E-state index contributed by atoms with van der Waals surface area (Å²) in [4.78, 5) is 12.1. The summed E-state index contributed by atoms with van der Waals surface area (Å²) >= 11 is 0. The zero-order chi connectivity index (χ0) is 14.0. The van der Waals surface area contributed by atoms with Gasteiger partial charge in [-0.05, 0) is 26.8 Å². The zero-order valence-electron chi connectivity index (χ0n) is 12.2. The van der Waals surface area contributed by atoms with Crippen LogP contribution in [0, 0.1) is 0 Å². The number of ether oxygens (including phenoxy) is 1. The van der Waals surface area contributed by atoms with Crippen LogP contribution in [-0.2, 0) is 10.2 Å². The Kier molecular flexibility index (Phi) is 3.30. The van der Waals surface area contributed by atoms with E-state index < -0.39 is 5.41 Å². The lowest BCUT2D eigenvalue weighted by molar-refractivity contribution is -0.119. The van der Waals surface area contributed by atoms with Gasteiger partial charge in [-0.2, -0.15) is 0 Å². The number of fused-ring (bicyclic) bond motifs is 3.